The fourth-order valence-electron chi connectivity index (χ4n) is 3.23. The number of aliphatic carboxylic acids is 1. The molecule has 2 aliphatic heterocycles. The molecule has 2 atom stereocenters. The molecule has 0 radical (unpaired) electrons. The summed E-state index contributed by atoms with van der Waals surface area (Å²) in [6.45, 7) is 0.180. The molecule has 0 aliphatic carbocycles. The smallest absolute Gasteiger partial charge is 0.352 e. The molecule has 4 heterocycles. The lowest BCUT2D eigenvalue weighted by Gasteiger charge is -2.49. The van der Waals surface area contributed by atoms with Crippen molar-refractivity contribution in [2.24, 2.45) is 5.16 Å². The number of rotatable bonds is 12. The van der Waals surface area contributed by atoms with E-state index in [2.05, 4.69) is 46.9 Å². The highest BCUT2D eigenvalue weighted by Gasteiger charge is 2.54. The molecule has 0 spiro atoms. The molecule has 3 N–H and O–H groups in total. The molecule has 4 rings (SSSR count). The van der Waals surface area contributed by atoms with E-state index in [4.69, 9.17) is 4.84 Å². The van der Waals surface area contributed by atoms with E-state index in [1.807, 2.05) is 0 Å². The molecule has 2 aromatic rings. The summed E-state index contributed by atoms with van der Waals surface area (Å²) in [4.78, 5) is 59.2. The molecule has 1 saturated heterocycles. The highest BCUT2D eigenvalue weighted by Crippen LogP contribution is 2.41. The van der Waals surface area contributed by atoms with E-state index in [-0.39, 0.29) is 28.8 Å². The normalized spacial score (nSPS) is 19.4. The lowest BCUT2D eigenvalue weighted by Crippen LogP contribution is -2.71. The Hall–Kier alpha value is -2.54. The van der Waals surface area contributed by atoms with Gasteiger partial charge in [0.15, 0.2) is 15.2 Å². The number of hydrogen-bond donors (Lipinski definition) is 3. The zero-order valence-electron chi connectivity index (χ0n) is 18.0. The molecule has 0 aromatic carbocycles. The number of fused-ring (bicyclic) bond motifs is 1. The zero-order chi connectivity index (χ0) is 25.7. The third-order valence-electron chi connectivity index (χ3n) is 4.71. The number of oxime groups is 1. The van der Waals surface area contributed by atoms with Crippen molar-refractivity contribution in [3.05, 3.63) is 27.9 Å². The van der Waals surface area contributed by atoms with Crippen molar-refractivity contribution >= 4 is 97.2 Å². The van der Waals surface area contributed by atoms with Gasteiger partial charge >= 0.3 is 5.97 Å². The second-order valence-electron chi connectivity index (χ2n) is 6.87. The topological polar surface area (TPSA) is 176 Å². The summed E-state index contributed by atoms with van der Waals surface area (Å²) in [5, 5.41) is 28.0. The largest absolute Gasteiger partial charge is 0.477 e. The van der Waals surface area contributed by atoms with Crippen molar-refractivity contribution in [2.75, 3.05) is 28.8 Å². The van der Waals surface area contributed by atoms with Crippen LogP contribution in [0.2, 0.25) is 0 Å². The van der Waals surface area contributed by atoms with Gasteiger partial charge in [-0.3, -0.25) is 19.3 Å². The first-order valence-electron chi connectivity index (χ1n) is 9.96. The predicted molar refractivity (Wildman–Crippen MR) is 138 cm³/mol. The molecule has 0 bridgehead atoms. The number of nitrogens with one attached hydrogen (secondary N) is 2. The van der Waals surface area contributed by atoms with Crippen molar-refractivity contribution in [1.29, 1.82) is 0 Å². The van der Waals surface area contributed by atoms with Crippen LogP contribution in [0, 0.1) is 0 Å². The second-order valence-corrected chi connectivity index (χ2v) is 11.7. The minimum absolute atomic E-state index is 0.0788. The van der Waals surface area contributed by atoms with Crippen LogP contribution in [0.5, 0.6) is 0 Å². The highest BCUT2D eigenvalue weighted by atomic mass is 79.9. The molecular formula is C18H16BrN7O6S4. The van der Waals surface area contributed by atoms with Crippen LogP contribution in [0.3, 0.4) is 0 Å². The maximum absolute atomic E-state index is 13.1. The summed E-state index contributed by atoms with van der Waals surface area (Å²) in [5.74, 6) is -1.76. The van der Waals surface area contributed by atoms with Crippen LogP contribution in [0.1, 0.15) is 5.69 Å². The predicted octanol–water partition coefficient (Wildman–Crippen LogP) is 1.21. The Balaban J connectivity index is 1.49. The van der Waals surface area contributed by atoms with E-state index in [0.29, 0.717) is 33.2 Å². The lowest BCUT2D eigenvalue weighted by atomic mass is 10.0. The Kier molecular flexibility index (Phi) is 8.94. The zero-order valence-corrected chi connectivity index (χ0v) is 22.8. The molecule has 3 amide bonds. The van der Waals surface area contributed by atoms with Crippen LogP contribution >= 0.6 is 62.1 Å². The van der Waals surface area contributed by atoms with Crippen molar-refractivity contribution < 1.29 is 29.1 Å². The number of aromatic nitrogens is 3. The van der Waals surface area contributed by atoms with Gasteiger partial charge in [0.2, 0.25) is 6.41 Å². The Morgan fingerprint density at radius 3 is 2.94 bits per heavy atom. The summed E-state index contributed by atoms with van der Waals surface area (Å²) in [6, 6.07) is -0.957. The van der Waals surface area contributed by atoms with Crippen LogP contribution in [-0.2, 0) is 24.0 Å². The number of amides is 3. The number of anilines is 1. The monoisotopic (exact) mass is 633 g/mol. The molecule has 1 unspecified atom stereocenters. The highest BCUT2D eigenvalue weighted by molar-refractivity contribution is 9.09. The van der Waals surface area contributed by atoms with Crippen LogP contribution in [0.4, 0.5) is 5.13 Å². The van der Waals surface area contributed by atoms with E-state index in [1.165, 1.54) is 45.1 Å². The Morgan fingerprint density at radius 1 is 1.42 bits per heavy atom. The van der Waals surface area contributed by atoms with Gasteiger partial charge in [-0.25, -0.2) is 9.78 Å². The summed E-state index contributed by atoms with van der Waals surface area (Å²) in [5.41, 5.74) is 2.07. The van der Waals surface area contributed by atoms with Gasteiger partial charge in [0.05, 0.1) is 0 Å². The molecule has 1 fully saturated rings. The summed E-state index contributed by atoms with van der Waals surface area (Å²) in [7, 11) is 0. The first-order valence-corrected chi connectivity index (χ1v) is 14.9. The molecule has 2 aliphatic rings. The Labute approximate surface area is 228 Å². The van der Waals surface area contributed by atoms with E-state index >= 15 is 0 Å². The number of thioether (sulfide) groups is 2. The van der Waals surface area contributed by atoms with Gasteiger partial charge in [-0.1, -0.05) is 44.2 Å². The Bertz CT molecular complexity index is 1220. The van der Waals surface area contributed by atoms with Crippen LogP contribution < -0.4 is 10.6 Å². The molecule has 18 heteroatoms. The minimum atomic E-state index is -1.21. The minimum Gasteiger partial charge on any atom is -0.477 e. The maximum atomic E-state index is 13.1. The number of β-lactam (4-membered cyclic amide) rings is 1. The van der Waals surface area contributed by atoms with Gasteiger partial charge in [-0.05, 0) is 5.57 Å². The number of nitrogens with zero attached hydrogens (tertiary/aromatic N) is 5. The molecule has 36 heavy (non-hydrogen) atoms. The van der Waals surface area contributed by atoms with Crippen LogP contribution in [-0.4, -0.2) is 90.0 Å². The number of thiazole rings is 1. The average molecular weight is 635 g/mol. The second kappa shape index (κ2) is 12.1. The quantitative estimate of drug-likeness (QED) is 0.0582. The third kappa shape index (κ3) is 5.72. The van der Waals surface area contributed by atoms with E-state index < -0.39 is 29.2 Å². The summed E-state index contributed by atoms with van der Waals surface area (Å²) >= 11 is 8.33. The van der Waals surface area contributed by atoms with Crippen molar-refractivity contribution in [1.82, 2.24) is 25.4 Å². The van der Waals surface area contributed by atoms with Gasteiger partial charge in [-0.15, -0.1) is 33.3 Å². The molecule has 2 aromatic heterocycles. The number of carbonyl (C=O) groups is 4. The van der Waals surface area contributed by atoms with Crippen LogP contribution in [0.15, 0.2) is 31.7 Å². The van der Waals surface area contributed by atoms with Crippen molar-refractivity contribution in [2.45, 2.75) is 15.8 Å². The van der Waals surface area contributed by atoms with Gasteiger partial charge in [0, 0.05) is 22.2 Å². The van der Waals surface area contributed by atoms with Crippen LogP contribution in [0.25, 0.3) is 0 Å². The third-order valence-corrected chi connectivity index (χ3v) is 9.10. The van der Waals surface area contributed by atoms with E-state index in [9.17, 15) is 24.3 Å². The molecular weight excluding hydrogens is 618 g/mol. The van der Waals surface area contributed by atoms with Crippen molar-refractivity contribution in [3.8, 4) is 0 Å². The number of hydrogen-bond acceptors (Lipinski definition) is 13. The average Bonchev–Trinajstić information content (AvgIpc) is 3.55. The van der Waals surface area contributed by atoms with Gasteiger partial charge < -0.3 is 20.6 Å². The van der Waals surface area contributed by atoms with Gasteiger partial charge in [0.1, 0.15) is 34.9 Å². The van der Waals surface area contributed by atoms with E-state index in [0.717, 1.165) is 11.3 Å². The fraction of sp³-hybridized carbons (Fsp3) is 0.333. The molecule has 190 valence electrons. The number of carboxylic acids is 1. The lowest BCUT2D eigenvalue weighted by molar-refractivity contribution is -0.150. The first kappa shape index (κ1) is 26.5. The Morgan fingerprint density at radius 2 is 2.25 bits per heavy atom. The number of carbonyl (C=O) groups excluding carboxylic acids is 3. The molecule has 13 nitrogen and oxygen atoms in total. The summed E-state index contributed by atoms with van der Waals surface area (Å²) < 4.78 is 0.696. The van der Waals surface area contributed by atoms with E-state index in [1.54, 1.807) is 5.51 Å². The number of halogens is 1. The number of alkyl halides is 1. The first-order chi connectivity index (χ1) is 17.4. The molecule has 0 saturated carbocycles. The van der Waals surface area contributed by atoms with Crippen molar-refractivity contribution in [3.63, 3.8) is 0 Å². The number of carboxylic acid groups (broad SMARTS) is 1. The fourth-order valence-corrected chi connectivity index (χ4v) is 7.00. The van der Waals surface area contributed by atoms with Gasteiger partial charge in [-0.2, -0.15) is 0 Å². The SMILES string of the molecule is O=CNc1nc(/C(=N/OCCBr)C(=O)NC2C(=O)N3C(C(=O)O)=C(CSc4nncs4)CS[C@H]23)cs1. The maximum Gasteiger partial charge on any atom is 0.352 e. The summed E-state index contributed by atoms with van der Waals surface area (Å²) in [6.07, 6.45) is 0.455. The standard InChI is InChI=1S/C18H16BrN7O6S4/c19-1-2-32-25-10(9-5-34-17(22-9)20-6-27)13(28)23-11-14(29)26-12(16(30)31)8(3-33-15(11)26)4-35-18-24-21-7-36-18/h5-7,11,15H,1-4H2,(H,23,28)(H,30,31)(H,20,22,27)/b25-10-/t11?,15-/m1/s1. The van der Waals surface area contributed by atoms with Gasteiger partial charge in [0.25, 0.3) is 11.8 Å².